The Balaban J connectivity index is 1.74. The molecule has 0 saturated heterocycles. The SMILES string of the molecule is OC1(CNC(c2cccs2)c2cccs2)CCC1. The monoisotopic (exact) mass is 279 g/mol. The van der Waals surface area contributed by atoms with E-state index in [0.717, 1.165) is 19.3 Å². The van der Waals surface area contributed by atoms with Crippen LogP contribution >= 0.6 is 22.7 Å². The highest BCUT2D eigenvalue weighted by molar-refractivity contribution is 7.11. The molecule has 0 unspecified atom stereocenters. The maximum absolute atomic E-state index is 10.2. The first-order valence-electron chi connectivity index (χ1n) is 6.29. The summed E-state index contributed by atoms with van der Waals surface area (Å²) < 4.78 is 0. The lowest BCUT2D eigenvalue weighted by Gasteiger charge is -2.37. The number of aliphatic hydroxyl groups is 1. The van der Waals surface area contributed by atoms with E-state index in [9.17, 15) is 5.11 Å². The summed E-state index contributed by atoms with van der Waals surface area (Å²) in [5.41, 5.74) is -0.466. The van der Waals surface area contributed by atoms with Gasteiger partial charge < -0.3 is 10.4 Å². The molecule has 0 aromatic carbocycles. The van der Waals surface area contributed by atoms with Gasteiger partial charge in [-0.15, -0.1) is 22.7 Å². The van der Waals surface area contributed by atoms with E-state index in [1.165, 1.54) is 9.75 Å². The zero-order valence-corrected chi connectivity index (χ0v) is 11.8. The lowest BCUT2D eigenvalue weighted by atomic mass is 9.80. The van der Waals surface area contributed by atoms with Crippen LogP contribution in [0.15, 0.2) is 35.0 Å². The number of hydrogen-bond donors (Lipinski definition) is 2. The van der Waals surface area contributed by atoms with Gasteiger partial charge in [-0.3, -0.25) is 0 Å². The molecule has 0 spiro atoms. The first-order chi connectivity index (χ1) is 8.77. The highest BCUT2D eigenvalue weighted by atomic mass is 32.1. The molecule has 2 aromatic heterocycles. The zero-order valence-electron chi connectivity index (χ0n) is 10.1. The lowest BCUT2D eigenvalue weighted by Crippen LogP contribution is -2.47. The van der Waals surface area contributed by atoms with Gasteiger partial charge in [0.05, 0.1) is 11.6 Å². The molecule has 1 saturated carbocycles. The molecule has 2 nitrogen and oxygen atoms in total. The van der Waals surface area contributed by atoms with Crippen LogP contribution in [0.25, 0.3) is 0 Å². The Bertz CT molecular complexity index is 440. The minimum absolute atomic E-state index is 0.231. The van der Waals surface area contributed by atoms with Gasteiger partial charge in [-0.2, -0.15) is 0 Å². The van der Waals surface area contributed by atoms with Crippen molar-refractivity contribution < 1.29 is 5.11 Å². The van der Waals surface area contributed by atoms with Crippen LogP contribution in [0, 0.1) is 0 Å². The van der Waals surface area contributed by atoms with Gasteiger partial charge in [-0.1, -0.05) is 12.1 Å². The summed E-state index contributed by atoms with van der Waals surface area (Å²) in [6, 6.07) is 8.72. The predicted molar refractivity (Wildman–Crippen MR) is 77.3 cm³/mol. The van der Waals surface area contributed by atoms with Crippen LogP contribution in [0.2, 0.25) is 0 Å². The molecular weight excluding hydrogens is 262 g/mol. The Morgan fingerprint density at radius 1 is 1.17 bits per heavy atom. The van der Waals surface area contributed by atoms with E-state index in [1.54, 1.807) is 22.7 Å². The van der Waals surface area contributed by atoms with Gasteiger partial charge in [0, 0.05) is 16.3 Å². The van der Waals surface area contributed by atoms with Crippen molar-refractivity contribution in [1.29, 1.82) is 0 Å². The van der Waals surface area contributed by atoms with Crippen LogP contribution in [0.1, 0.15) is 35.1 Å². The fourth-order valence-corrected chi connectivity index (χ4v) is 4.02. The van der Waals surface area contributed by atoms with Crippen LogP contribution < -0.4 is 5.32 Å². The Morgan fingerprint density at radius 2 is 1.78 bits per heavy atom. The molecule has 4 heteroatoms. The average molecular weight is 279 g/mol. The fraction of sp³-hybridized carbons (Fsp3) is 0.429. The highest BCUT2D eigenvalue weighted by Gasteiger charge is 2.34. The summed E-state index contributed by atoms with van der Waals surface area (Å²) in [5.74, 6) is 0. The van der Waals surface area contributed by atoms with E-state index in [0.29, 0.717) is 6.54 Å². The van der Waals surface area contributed by atoms with Crippen molar-refractivity contribution in [3.63, 3.8) is 0 Å². The van der Waals surface area contributed by atoms with Crippen LogP contribution in [0.4, 0.5) is 0 Å². The van der Waals surface area contributed by atoms with E-state index < -0.39 is 5.60 Å². The van der Waals surface area contributed by atoms with E-state index in [2.05, 4.69) is 40.3 Å². The molecule has 2 heterocycles. The molecule has 0 bridgehead atoms. The molecule has 0 atom stereocenters. The third kappa shape index (κ3) is 2.52. The summed E-state index contributed by atoms with van der Waals surface area (Å²) in [4.78, 5) is 2.64. The molecule has 1 fully saturated rings. The molecule has 0 amide bonds. The third-order valence-electron chi connectivity index (χ3n) is 3.57. The van der Waals surface area contributed by atoms with Crippen LogP contribution in [-0.4, -0.2) is 17.3 Å². The van der Waals surface area contributed by atoms with Gasteiger partial charge in [0.2, 0.25) is 0 Å². The summed E-state index contributed by atoms with van der Waals surface area (Å²) in [5, 5.41) is 17.9. The number of hydrogen-bond acceptors (Lipinski definition) is 4. The topological polar surface area (TPSA) is 32.3 Å². The highest BCUT2D eigenvalue weighted by Crippen LogP contribution is 2.33. The Hall–Kier alpha value is -0.680. The van der Waals surface area contributed by atoms with Crippen LogP contribution in [0.5, 0.6) is 0 Å². The predicted octanol–water partition coefficient (Wildman–Crippen LogP) is 3.40. The summed E-state index contributed by atoms with van der Waals surface area (Å²) in [6.45, 7) is 0.688. The standard InChI is InChI=1S/C14H17NOS2/c16-14(6-3-7-14)10-15-13(11-4-1-8-17-11)12-5-2-9-18-12/h1-2,4-5,8-9,13,15-16H,3,6-7,10H2. The van der Waals surface area contributed by atoms with Gasteiger partial charge in [-0.25, -0.2) is 0 Å². The zero-order chi connectivity index (χ0) is 12.4. The molecule has 2 N–H and O–H groups in total. The van der Waals surface area contributed by atoms with Crippen molar-refractivity contribution in [3.05, 3.63) is 44.8 Å². The van der Waals surface area contributed by atoms with Crippen molar-refractivity contribution in [3.8, 4) is 0 Å². The van der Waals surface area contributed by atoms with Gasteiger partial charge >= 0.3 is 0 Å². The summed E-state index contributed by atoms with van der Waals surface area (Å²) in [6.07, 6.45) is 3.02. The molecule has 96 valence electrons. The lowest BCUT2D eigenvalue weighted by molar-refractivity contribution is -0.0324. The molecule has 3 rings (SSSR count). The fourth-order valence-electron chi connectivity index (χ4n) is 2.31. The van der Waals surface area contributed by atoms with E-state index in [1.807, 2.05) is 0 Å². The quantitative estimate of drug-likeness (QED) is 0.879. The molecule has 0 aliphatic heterocycles. The van der Waals surface area contributed by atoms with E-state index in [-0.39, 0.29) is 6.04 Å². The number of thiophene rings is 2. The van der Waals surface area contributed by atoms with Crippen molar-refractivity contribution in [2.24, 2.45) is 0 Å². The minimum atomic E-state index is -0.466. The minimum Gasteiger partial charge on any atom is -0.389 e. The van der Waals surface area contributed by atoms with Crippen molar-refractivity contribution >= 4 is 22.7 Å². The van der Waals surface area contributed by atoms with E-state index in [4.69, 9.17) is 0 Å². The number of rotatable bonds is 5. The molecular formula is C14H17NOS2. The van der Waals surface area contributed by atoms with E-state index >= 15 is 0 Å². The smallest absolute Gasteiger partial charge is 0.0771 e. The summed E-state index contributed by atoms with van der Waals surface area (Å²) >= 11 is 3.54. The van der Waals surface area contributed by atoms with Gasteiger partial charge in [0.25, 0.3) is 0 Å². The first kappa shape index (κ1) is 12.4. The largest absolute Gasteiger partial charge is 0.389 e. The average Bonchev–Trinajstić information content (AvgIpc) is 2.99. The molecule has 1 aliphatic carbocycles. The van der Waals surface area contributed by atoms with Crippen LogP contribution in [-0.2, 0) is 0 Å². The third-order valence-corrected chi connectivity index (χ3v) is 5.45. The molecule has 0 radical (unpaired) electrons. The van der Waals surface area contributed by atoms with Crippen molar-refractivity contribution in [2.45, 2.75) is 30.9 Å². The molecule has 1 aliphatic rings. The Kier molecular flexibility index (Phi) is 3.52. The normalized spacial score (nSPS) is 17.9. The van der Waals surface area contributed by atoms with Gasteiger partial charge in [0.1, 0.15) is 0 Å². The Morgan fingerprint density at radius 3 is 2.17 bits per heavy atom. The number of nitrogens with one attached hydrogen (secondary N) is 1. The maximum atomic E-state index is 10.2. The maximum Gasteiger partial charge on any atom is 0.0771 e. The van der Waals surface area contributed by atoms with Gasteiger partial charge in [-0.05, 0) is 42.2 Å². The van der Waals surface area contributed by atoms with Gasteiger partial charge in [0.15, 0.2) is 0 Å². The van der Waals surface area contributed by atoms with Crippen molar-refractivity contribution in [2.75, 3.05) is 6.54 Å². The second-order valence-corrected chi connectivity index (χ2v) is 6.88. The Labute approximate surface area is 115 Å². The van der Waals surface area contributed by atoms with Crippen molar-refractivity contribution in [1.82, 2.24) is 5.32 Å². The van der Waals surface area contributed by atoms with Crippen LogP contribution in [0.3, 0.4) is 0 Å². The molecule has 18 heavy (non-hydrogen) atoms. The second kappa shape index (κ2) is 5.13. The second-order valence-electron chi connectivity index (χ2n) is 4.92. The summed E-state index contributed by atoms with van der Waals surface area (Å²) in [7, 11) is 0. The molecule has 2 aromatic rings. The first-order valence-corrected chi connectivity index (χ1v) is 8.05.